The molecule has 1 aliphatic carbocycles. The molecular weight excluding hydrogens is 387 g/mol. The molecule has 2 amide bonds. The molecule has 2 atom stereocenters. The van der Waals surface area contributed by atoms with Gasteiger partial charge in [-0.05, 0) is 54.8 Å². The molecule has 0 radical (unpaired) electrons. The number of benzene rings is 2. The molecule has 1 saturated carbocycles. The van der Waals surface area contributed by atoms with E-state index in [4.69, 9.17) is 11.6 Å². The molecule has 7 heteroatoms. The van der Waals surface area contributed by atoms with Gasteiger partial charge in [0.15, 0.2) is 0 Å². The van der Waals surface area contributed by atoms with Gasteiger partial charge in [0.25, 0.3) is 5.91 Å². The maximum atomic E-state index is 13.3. The lowest BCUT2D eigenvalue weighted by atomic mass is 10.1. The fourth-order valence-corrected chi connectivity index (χ4v) is 4.66. The van der Waals surface area contributed by atoms with Crippen LogP contribution in [0.25, 0.3) is 0 Å². The summed E-state index contributed by atoms with van der Waals surface area (Å²) in [6.07, 6.45) is 1.97. The van der Waals surface area contributed by atoms with Gasteiger partial charge in [-0.2, -0.15) is 0 Å². The second-order valence-corrected chi connectivity index (χ2v) is 8.30. The minimum atomic E-state index is -0.561. The number of halogens is 2. The number of hydrogen-bond donors (Lipinski definition) is 1. The maximum Gasteiger partial charge on any atom is 0.255 e. The molecular formula is C20H18ClFN2O2S. The summed E-state index contributed by atoms with van der Waals surface area (Å²) in [4.78, 5) is 27.6. The summed E-state index contributed by atoms with van der Waals surface area (Å²) in [5, 5.41) is 3.19. The van der Waals surface area contributed by atoms with Crippen LogP contribution < -0.4 is 5.32 Å². The quantitative estimate of drug-likeness (QED) is 0.837. The van der Waals surface area contributed by atoms with E-state index in [1.165, 1.54) is 23.9 Å². The number of rotatable bonds is 4. The molecule has 1 heterocycles. The highest BCUT2D eigenvalue weighted by Crippen LogP contribution is 2.42. The van der Waals surface area contributed by atoms with Crippen LogP contribution in [0.1, 0.15) is 34.1 Å². The summed E-state index contributed by atoms with van der Waals surface area (Å²) in [5.41, 5.74) is 1.27. The zero-order valence-corrected chi connectivity index (χ0v) is 16.0. The van der Waals surface area contributed by atoms with Crippen molar-refractivity contribution < 1.29 is 14.0 Å². The molecule has 0 bridgehead atoms. The number of hydrogen-bond acceptors (Lipinski definition) is 3. The zero-order chi connectivity index (χ0) is 19.0. The Morgan fingerprint density at radius 3 is 2.37 bits per heavy atom. The van der Waals surface area contributed by atoms with Gasteiger partial charge in [-0.15, -0.1) is 11.8 Å². The van der Waals surface area contributed by atoms with Crippen LogP contribution in [0.2, 0.25) is 5.02 Å². The van der Waals surface area contributed by atoms with Crippen molar-refractivity contribution in [3.63, 3.8) is 0 Å². The smallest absolute Gasteiger partial charge is 0.255 e. The molecule has 1 aliphatic heterocycles. The normalized spacial score (nSPS) is 21.9. The van der Waals surface area contributed by atoms with E-state index in [1.807, 2.05) is 0 Å². The Bertz CT molecular complexity index is 855. The molecule has 2 fully saturated rings. The van der Waals surface area contributed by atoms with E-state index in [-0.39, 0.29) is 29.0 Å². The van der Waals surface area contributed by atoms with Gasteiger partial charge < -0.3 is 10.2 Å². The Kier molecular flexibility index (Phi) is 5.10. The summed E-state index contributed by atoms with van der Waals surface area (Å²) >= 11 is 7.45. The van der Waals surface area contributed by atoms with Gasteiger partial charge in [-0.3, -0.25) is 9.59 Å². The fraction of sp³-hybridized carbons (Fsp3) is 0.300. The van der Waals surface area contributed by atoms with E-state index < -0.39 is 6.04 Å². The van der Waals surface area contributed by atoms with Crippen LogP contribution in [-0.2, 0) is 4.79 Å². The van der Waals surface area contributed by atoms with Crippen LogP contribution in [0, 0.1) is 5.82 Å². The van der Waals surface area contributed by atoms with E-state index in [2.05, 4.69) is 5.32 Å². The van der Waals surface area contributed by atoms with E-state index in [1.54, 1.807) is 41.3 Å². The topological polar surface area (TPSA) is 49.4 Å². The molecule has 4 rings (SSSR count). The molecule has 1 N–H and O–H groups in total. The van der Waals surface area contributed by atoms with Gasteiger partial charge in [-0.25, -0.2) is 4.39 Å². The van der Waals surface area contributed by atoms with Crippen molar-refractivity contribution in [1.82, 2.24) is 10.2 Å². The summed E-state index contributed by atoms with van der Waals surface area (Å²) in [6.45, 7) is 0. The molecule has 0 unspecified atom stereocenters. The first-order valence-electron chi connectivity index (χ1n) is 8.78. The van der Waals surface area contributed by atoms with Crippen LogP contribution in [0.5, 0.6) is 0 Å². The molecule has 27 heavy (non-hydrogen) atoms. The molecule has 2 aliphatic rings. The molecule has 140 valence electrons. The first kappa shape index (κ1) is 18.3. The fourth-order valence-electron chi connectivity index (χ4n) is 3.11. The number of carbonyl (C=O) groups excluding carboxylic acids is 2. The number of thioether (sulfide) groups is 1. The summed E-state index contributed by atoms with van der Waals surface area (Å²) < 4.78 is 13.3. The van der Waals surface area contributed by atoms with Crippen LogP contribution in [0.15, 0.2) is 48.5 Å². The van der Waals surface area contributed by atoms with Crippen molar-refractivity contribution in [2.75, 3.05) is 5.75 Å². The van der Waals surface area contributed by atoms with Crippen molar-refractivity contribution in [1.29, 1.82) is 0 Å². The highest BCUT2D eigenvalue weighted by molar-refractivity contribution is 7.99. The molecule has 0 aromatic heterocycles. The van der Waals surface area contributed by atoms with Crippen LogP contribution in [0.3, 0.4) is 0 Å². The highest BCUT2D eigenvalue weighted by Gasteiger charge is 2.43. The lowest BCUT2D eigenvalue weighted by Crippen LogP contribution is -2.48. The predicted molar refractivity (Wildman–Crippen MR) is 104 cm³/mol. The average molecular weight is 405 g/mol. The molecule has 0 spiro atoms. The minimum absolute atomic E-state index is 0.128. The lowest BCUT2D eigenvalue weighted by molar-refractivity contribution is -0.125. The average Bonchev–Trinajstić information content (AvgIpc) is 3.37. The third-order valence-corrected chi connectivity index (χ3v) is 6.28. The van der Waals surface area contributed by atoms with E-state index in [0.29, 0.717) is 16.3 Å². The van der Waals surface area contributed by atoms with Gasteiger partial charge in [-0.1, -0.05) is 23.7 Å². The Labute approximate surface area is 166 Å². The highest BCUT2D eigenvalue weighted by atomic mass is 35.5. The first-order valence-corrected chi connectivity index (χ1v) is 10.2. The molecule has 2 aromatic carbocycles. The van der Waals surface area contributed by atoms with Crippen molar-refractivity contribution in [2.24, 2.45) is 0 Å². The Balaban J connectivity index is 1.65. The zero-order valence-electron chi connectivity index (χ0n) is 14.4. The third kappa shape index (κ3) is 3.96. The van der Waals surface area contributed by atoms with Crippen molar-refractivity contribution in [3.8, 4) is 0 Å². The van der Waals surface area contributed by atoms with Gasteiger partial charge in [0, 0.05) is 22.4 Å². The first-order chi connectivity index (χ1) is 13.0. The molecule has 4 nitrogen and oxygen atoms in total. The van der Waals surface area contributed by atoms with Gasteiger partial charge in [0.05, 0.1) is 0 Å². The summed E-state index contributed by atoms with van der Waals surface area (Å²) in [6, 6.07) is 12.4. The number of nitrogens with zero attached hydrogens (tertiary/aromatic N) is 1. The maximum absolute atomic E-state index is 13.3. The van der Waals surface area contributed by atoms with Crippen LogP contribution in [-0.4, -0.2) is 34.6 Å². The number of amides is 2. The standard InChI is InChI=1S/C20H18ClFN2O2S/c21-14-5-1-12(2-6-14)19(26)24-17(18(25)23-16-9-10-16)11-27-20(24)13-3-7-15(22)8-4-13/h1-8,16-17,20H,9-11H2,(H,23,25)/t17-,20+/m1/s1. The van der Waals surface area contributed by atoms with E-state index >= 15 is 0 Å². The monoisotopic (exact) mass is 404 g/mol. The third-order valence-electron chi connectivity index (χ3n) is 4.71. The number of carbonyl (C=O) groups is 2. The number of nitrogens with one attached hydrogen (secondary N) is 1. The van der Waals surface area contributed by atoms with Crippen molar-refractivity contribution >= 4 is 35.2 Å². The second-order valence-electron chi connectivity index (χ2n) is 6.76. The second kappa shape index (κ2) is 7.52. The Morgan fingerprint density at radius 2 is 1.74 bits per heavy atom. The van der Waals surface area contributed by atoms with Crippen molar-refractivity contribution in [2.45, 2.75) is 30.3 Å². The lowest BCUT2D eigenvalue weighted by Gasteiger charge is -2.29. The summed E-state index contributed by atoms with van der Waals surface area (Å²) in [5.74, 6) is -0.195. The SMILES string of the molecule is O=C(NC1CC1)[C@H]1CS[C@@H](c2ccc(F)cc2)N1C(=O)c1ccc(Cl)cc1. The van der Waals surface area contributed by atoms with Crippen LogP contribution in [0.4, 0.5) is 4.39 Å². The van der Waals surface area contributed by atoms with E-state index in [9.17, 15) is 14.0 Å². The molecule has 1 saturated heterocycles. The minimum Gasteiger partial charge on any atom is -0.352 e. The van der Waals surface area contributed by atoms with E-state index in [0.717, 1.165) is 18.4 Å². The largest absolute Gasteiger partial charge is 0.352 e. The molecule has 2 aromatic rings. The predicted octanol–water partition coefficient (Wildman–Crippen LogP) is 4.01. The summed E-state index contributed by atoms with van der Waals surface area (Å²) in [7, 11) is 0. The van der Waals surface area contributed by atoms with Gasteiger partial charge in [0.1, 0.15) is 17.2 Å². The Morgan fingerprint density at radius 1 is 1.07 bits per heavy atom. The van der Waals surface area contributed by atoms with Crippen LogP contribution >= 0.6 is 23.4 Å². The van der Waals surface area contributed by atoms with Gasteiger partial charge >= 0.3 is 0 Å². The van der Waals surface area contributed by atoms with Gasteiger partial charge in [0.2, 0.25) is 5.91 Å². The Hall–Kier alpha value is -2.05. The van der Waals surface area contributed by atoms with Crippen molar-refractivity contribution in [3.05, 3.63) is 70.5 Å².